The minimum Gasteiger partial charge on any atom is -0.358 e. The molecule has 0 amide bonds. The van der Waals surface area contributed by atoms with E-state index in [4.69, 9.17) is 0 Å². The monoisotopic (exact) mass is 514 g/mol. The van der Waals surface area contributed by atoms with Crippen LogP contribution in [0.4, 0.5) is 0 Å². The summed E-state index contributed by atoms with van der Waals surface area (Å²) in [7, 11) is 0. The van der Waals surface area contributed by atoms with Gasteiger partial charge in [0.25, 0.3) is 0 Å². The molecule has 0 N–H and O–H groups in total. The number of hydrogen-bond donors (Lipinski definition) is 0. The molecule has 1 rings (SSSR count). The van der Waals surface area contributed by atoms with E-state index in [1.54, 1.807) is 0 Å². The van der Waals surface area contributed by atoms with Gasteiger partial charge in [-0.05, 0) is 0 Å². The Kier molecular flexibility index (Phi) is 46.1. The molecule has 0 aliphatic rings. The van der Waals surface area contributed by atoms with Crippen molar-refractivity contribution in [3.8, 4) is 0 Å². The van der Waals surface area contributed by atoms with Crippen molar-refractivity contribution in [1.29, 1.82) is 0 Å². The first-order valence-electron chi connectivity index (χ1n) is 2.08. The minimum atomic E-state index is 0. The Bertz CT molecular complexity index is 111. The van der Waals surface area contributed by atoms with Gasteiger partial charge in [-0.1, -0.05) is 6.92 Å². The van der Waals surface area contributed by atoms with Gasteiger partial charge in [-0.15, -0.1) is 0 Å². The Balaban J connectivity index is -0.0000000240. The number of hydrogen-bond acceptors (Lipinski definition) is 0. The van der Waals surface area contributed by atoms with E-state index in [9.17, 15) is 0 Å². The zero-order valence-electron chi connectivity index (χ0n) is 7.44. The molecule has 0 aliphatic carbocycles. The van der Waals surface area contributed by atoms with Crippen LogP contribution in [0.2, 0.25) is 0 Å². The second-order valence-corrected chi connectivity index (χ2v) is 1.46. The van der Waals surface area contributed by atoms with Crippen LogP contribution in [-0.2, 0) is 42.1 Å². The Morgan fingerprint density at radius 2 is 1.18 bits per heavy atom. The predicted molar refractivity (Wildman–Crippen MR) is 46.0 cm³/mol. The summed E-state index contributed by atoms with van der Waals surface area (Å²) in [6.45, 7) is 2.08. The maximum atomic E-state index is 2.08. The van der Waals surface area contributed by atoms with Crippen molar-refractivity contribution >= 4 is 0 Å². The van der Waals surface area contributed by atoms with Gasteiger partial charge in [0.15, 0.2) is 0 Å². The summed E-state index contributed by atoms with van der Waals surface area (Å²) in [5, 5.41) is 0. The molecule has 0 unspecified atom stereocenters. The molecule has 0 radical (unpaired) electrons. The third-order valence-corrected chi connectivity index (χ3v) is 0.829. The molecule has 0 spiro atoms. The standard InChI is InChI=1S/C6H7.3CH3.2Pt/c1-6-4-2-3-5-6;;;;;/h2-5H,1H3;3*1H3;;/q4*-1;;+4. The molecule has 1 aromatic rings. The average molecular weight is 514 g/mol. The van der Waals surface area contributed by atoms with Crippen LogP contribution >= 0.6 is 0 Å². The summed E-state index contributed by atoms with van der Waals surface area (Å²) in [5.41, 5.74) is 1.34. The van der Waals surface area contributed by atoms with Crippen LogP contribution in [0.3, 0.4) is 0 Å². The summed E-state index contributed by atoms with van der Waals surface area (Å²) in [6.07, 6.45) is 0. The third kappa shape index (κ3) is 13.7. The fraction of sp³-hybridized carbons (Fsp3) is 0.111. The van der Waals surface area contributed by atoms with Crippen LogP contribution in [0, 0.1) is 29.2 Å². The third-order valence-electron chi connectivity index (χ3n) is 0.829. The van der Waals surface area contributed by atoms with Crippen molar-refractivity contribution in [2.75, 3.05) is 0 Å². The molecule has 11 heavy (non-hydrogen) atoms. The minimum absolute atomic E-state index is 0. The van der Waals surface area contributed by atoms with Crippen molar-refractivity contribution in [3.05, 3.63) is 52.1 Å². The van der Waals surface area contributed by atoms with Gasteiger partial charge < -0.3 is 22.3 Å². The Labute approximate surface area is 101 Å². The van der Waals surface area contributed by atoms with Crippen molar-refractivity contribution in [2.24, 2.45) is 0 Å². The first-order valence-corrected chi connectivity index (χ1v) is 2.08. The normalized spacial score (nSPS) is 4.82. The topological polar surface area (TPSA) is 0 Å². The van der Waals surface area contributed by atoms with Crippen LogP contribution < -0.4 is 0 Å². The predicted octanol–water partition coefficient (Wildman–Crippen LogP) is 3.06. The van der Waals surface area contributed by atoms with Crippen molar-refractivity contribution in [3.63, 3.8) is 0 Å². The quantitative estimate of drug-likeness (QED) is 0.468. The second kappa shape index (κ2) is 17.0. The van der Waals surface area contributed by atoms with E-state index in [2.05, 4.69) is 19.1 Å². The van der Waals surface area contributed by atoms with E-state index in [0.29, 0.717) is 0 Å². The Morgan fingerprint density at radius 3 is 1.27 bits per heavy atom. The van der Waals surface area contributed by atoms with Gasteiger partial charge in [-0.2, -0.15) is 17.7 Å². The number of rotatable bonds is 0. The van der Waals surface area contributed by atoms with Gasteiger partial charge in [-0.3, -0.25) is 0 Å². The maximum absolute atomic E-state index is 2.08. The molecule has 0 saturated heterocycles. The van der Waals surface area contributed by atoms with E-state index in [0.717, 1.165) is 0 Å². The van der Waals surface area contributed by atoms with E-state index in [-0.39, 0.29) is 64.4 Å². The molecule has 0 aliphatic heterocycles. The van der Waals surface area contributed by atoms with Gasteiger partial charge in [0.05, 0.1) is 0 Å². The van der Waals surface area contributed by atoms with Crippen LogP contribution in [0.15, 0.2) is 24.3 Å². The zero-order valence-corrected chi connectivity index (χ0v) is 12.0. The molecule has 2 heteroatoms. The molecule has 0 heterocycles. The van der Waals surface area contributed by atoms with Gasteiger partial charge in [-0.25, -0.2) is 12.1 Å². The van der Waals surface area contributed by atoms with E-state index >= 15 is 0 Å². The van der Waals surface area contributed by atoms with Gasteiger partial charge in [0.2, 0.25) is 0 Å². The molecule has 1 aromatic carbocycles. The molecule has 0 atom stereocenters. The molecule has 0 aromatic heterocycles. The molecular weight excluding hydrogens is 498 g/mol. The van der Waals surface area contributed by atoms with E-state index < -0.39 is 0 Å². The van der Waals surface area contributed by atoms with Gasteiger partial charge in [0, 0.05) is 21.1 Å². The summed E-state index contributed by atoms with van der Waals surface area (Å²) in [4.78, 5) is 0. The summed E-state index contributed by atoms with van der Waals surface area (Å²) in [6, 6.07) is 8.24. The zero-order chi connectivity index (χ0) is 4.41. The summed E-state index contributed by atoms with van der Waals surface area (Å²) < 4.78 is 0. The Morgan fingerprint density at radius 1 is 0.909 bits per heavy atom. The van der Waals surface area contributed by atoms with Gasteiger partial charge >= 0.3 is 21.1 Å². The van der Waals surface area contributed by atoms with Crippen LogP contribution in [0.1, 0.15) is 5.56 Å². The average Bonchev–Trinajstić information content (AvgIpc) is 1.86. The largest absolute Gasteiger partial charge is 4.00 e. The van der Waals surface area contributed by atoms with Crippen LogP contribution in [-0.4, -0.2) is 0 Å². The van der Waals surface area contributed by atoms with Gasteiger partial charge in [0.1, 0.15) is 0 Å². The van der Waals surface area contributed by atoms with Crippen LogP contribution in [0.25, 0.3) is 0 Å². The van der Waals surface area contributed by atoms with Crippen molar-refractivity contribution < 1.29 is 42.1 Å². The molecular formula is C9H16Pt2. The molecule has 0 fully saturated rings. The maximum Gasteiger partial charge on any atom is 4.00 e. The SMILES string of the molecule is C[c-]1cccc1.[CH3-].[CH3-].[CH3-].[Pt+4].[Pt]. The van der Waals surface area contributed by atoms with E-state index in [1.165, 1.54) is 5.56 Å². The van der Waals surface area contributed by atoms with Crippen molar-refractivity contribution in [2.45, 2.75) is 6.92 Å². The van der Waals surface area contributed by atoms with E-state index in [1.807, 2.05) is 12.1 Å². The molecule has 0 bridgehead atoms. The smallest absolute Gasteiger partial charge is 0.358 e. The van der Waals surface area contributed by atoms with Crippen LogP contribution in [0.5, 0.6) is 0 Å². The molecule has 0 nitrogen and oxygen atoms in total. The molecule has 72 valence electrons. The summed E-state index contributed by atoms with van der Waals surface area (Å²) in [5.74, 6) is 0. The Hall–Kier alpha value is 0.727. The first kappa shape index (κ1) is 29.8. The van der Waals surface area contributed by atoms with Crippen molar-refractivity contribution in [1.82, 2.24) is 0 Å². The fourth-order valence-electron chi connectivity index (χ4n) is 0.470. The summed E-state index contributed by atoms with van der Waals surface area (Å²) >= 11 is 0. The molecule has 0 saturated carbocycles. The first-order chi connectivity index (χ1) is 2.89. The number of aryl methyl sites for hydroxylation is 1. The fourth-order valence-corrected chi connectivity index (χ4v) is 0.470. The second-order valence-electron chi connectivity index (χ2n) is 1.46.